The lowest BCUT2D eigenvalue weighted by molar-refractivity contribution is -0.147. The lowest BCUT2D eigenvalue weighted by Crippen LogP contribution is -2.42. The fraction of sp³-hybridized carbons (Fsp3) is 0.611. The summed E-state index contributed by atoms with van der Waals surface area (Å²) in [6.07, 6.45) is 5.86. The molecule has 1 heterocycles. The SMILES string of the molecule is COc1cc(C2(C(=O)O)CCC2)c(OC)cc1N1CCCCC1. The zero-order valence-corrected chi connectivity index (χ0v) is 13.9. The standard InChI is InChI=1S/C18H25NO4/c1-22-15-12-14(19-9-4-3-5-10-19)16(23-2)11-13(15)18(17(20)21)7-6-8-18/h11-12H,3-10H2,1-2H3,(H,20,21). The minimum Gasteiger partial charge on any atom is -0.496 e. The first-order valence-corrected chi connectivity index (χ1v) is 8.37. The number of aliphatic carboxylic acids is 1. The molecular weight excluding hydrogens is 294 g/mol. The molecule has 1 aliphatic carbocycles. The number of benzene rings is 1. The van der Waals surface area contributed by atoms with Crippen molar-refractivity contribution in [3.8, 4) is 11.5 Å². The quantitative estimate of drug-likeness (QED) is 0.903. The molecule has 1 aromatic rings. The number of rotatable bonds is 5. The molecule has 0 unspecified atom stereocenters. The highest BCUT2D eigenvalue weighted by atomic mass is 16.5. The van der Waals surface area contributed by atoms with E-state index in [9.17, 15) is 9.90 Å². The van der Waals surface area contributed by atoms with Crippen LogP contribution < -0.4 is 14.4 Å². The van der Waals surface area contributed by atoms with Crippen LogP contribution in [-0.2, 0) is 10.2 Å². The second-order valence-corrected chi connectivity index (χ2v) is 6.51. The average Bonchev–Trinajstić information content (AvgIpc) is 2.53. The zero-order valence-electron chi connectivity index (χ0n) is 13.9. The summed E-state index contributed by atoms with van der Waals surface area (Å²) < 4.78 is 11.2. The first-order chi connectivity index (χ1) is 11.1. The molecular formula is C18H25NO4. The van der Waals surface area contributed by atoms with Gasteiger partial charge in [-0.3, -0.25) is 4.79 Å². The van der Waals surface area contributed by atoms with Gasteiger partial charge in [0.05, 0.1) is 25.3 Å². The summed E-state index contributed by atoms with van der Waals surface area (Å²) in [5, 5.41) is 9.73. The second kappa shape index (κ2) is 6.30. The molecule has 3 rings (SSSR count). The Labute approximate surface area is 137 Å². The minimum atomic E-state index is -0.820. The predicted molar refractivity (Wildman–Crippen MR) is 88.8 cm³/mol. The van der Waals surface area contributed by atoms with E-state index < -0.39 is 11.4 Å². The third kappa shape index (κ3) is 2.62. The number of hydrogen-bond donors (Lipinski definition) is 1. The van der Waals surface area contributed by atoms with E-state index in [4.69, 9.17) is 9.47 Å². The van der Waals surface area contributed by atoms with Gasteiger partial charge in [0.15, 0.2) is 0 Å². The molecule has 0 radical (unpaired) electrons. The number of ether oxygens (including phenoxy) is 2. The maximum atomic E-state index is 11.9. The molecule has 0 spiro atoms. The highest BCUT2D eigenvalue weighted by molar-refractivity contribution is 5.85. The van der Waals surface area contributed by atoms with E-state index in [1.807, 2.05) is 12.1 Å². The molecule has 0 amide bonds. The Morgan fingerprint density at radius 1 is 1.04 bits per heavy atom. The summed E-state index contributed by atoms with van der Waals surface area (Å²) in [5.74, 6) is 0.638. The van der Waals surface area contributed by atoms with Crippen LogP contribution >= 0.6 is 0 Å². The number of methoxy groups -OCH3 is 2. The van der Waals surface area contributed by atoms with E-state index >= 15 is 0 Å². The van der Waals surface area contributed by atoms with Crippen LogP contribution in [0.3, 0.4) is 0 Å². The Bertz CT molecular complexity index is 589. The molecule has 2 fully saturated rings. The monoisotopic (exact) mass is 319 g/mol. The molecule has 1 aliphatic heterocycles. The summed E-state index contributed by atoms with van der Waals surface area (Å²) in [6, 6.07) is 3.85. The summed E-state index contributed by atoms with van der Waals surface area (Å²) in [5.41, 5.74) is 0.933. The van der Waals surface area contributed by atoms with Gasteiger partial charge in [0.2, 0.25) is 0 Å². The van der Waals surface area contributed by atoms with E-state index in [1.165, 1.54) is 19.3 Å². The predicted octanol–water partition coefficient (Wildman–Crippen LogP) is 3.20. The van der Waals surface area contributed by atoms with Gasteiger partial charge in [-0.25, -0.2) is 0 Å². The topological polar surface area (TPSA) is 59.0 Å². The van der Waals surface area contributed by atoms with Gasteiger partial charge >= 0.3 is 5.97 Å². The average molecular weight is 319 g/mol. The molecule has 126 valence electrons. The van der Waals surface area contributed by atoms with Crippen molar-refractivity contribution in [1.29, 1.82) is 0 Å². The first kappa shape index (κ1) is 16.0. The fourth-order valence-electron chi connectivity index (χ4n) is 3.77. The number of carboxylic acid groups (broad SMARTS) is 1. The number of nitrogens with zero attached hydrogens (tertiary/aromatic N) is 1. The molecule has 5 heteroatoms. The van der Waals surface area contributed by atoms with Gasteiger partial charge in [-0.05, 0) is 38.2 Å². The minimum absolute atomic E-state index is 0.658. The molecule has 2 aliphatic rings. The largest absolute Gasteiger partial charge is 0.496 e. The number of piperidine rings is 1. The van der Waals surface area contributed by atoms with Crippen LogP contribution in [0.2, 0.25) is 0 Å². The second-order valence-electron chi connectivity index (χ2n) is 6.51. The number of anilines is 1. The molecule has 1 saturated heterocycles. The molecule has 1 N–H and O–H groups in total. The van der Waals surface area contributed by atoms with Gasteiger partial charge < -0.3 is 19.5 Å². The van der Waals surface area contributed by atoms with Crippen LogP contribution in [0.1, 0.15) is 44.1 Å². The molecule has 5 nitrogen and oxygen atoms in total. The molecule has 23 heavy (non-hydrogen) atoms. The van der Waals surface area contributed by atoms with Crippen molar-refractivity contribution in [1.82, 2.24) is 0 Å². The van der Waals surface area contributed by atoms with E-state index in [1.54, 1.807) is 14.2 Å². The van der Waals surface area contributed by atoms with Crippen molar-refractivity contribution in [2.24, 2.45) is 0 Å². The van der Waals surface area contributed by atoms with Crippen LogP contribution in [-0.4, -0.2) is 38.4 Å². The Balaban J connectivity index is 2.06. The van der Waals surface area contributed by atoms with Gasteiger partial charge in [-0.2, -0.15) is 0 Å². The van der Waals surface area contributed by atoms with Crippen molar-refractivity contribution < 1.29 is 19.4 Å². The van der Waals surface area contributed by atoms with Crippen LogP contribution in [0.25, 0.3) is 0 Å². The van der Waals surface area contributed by atoms with Gasteiger partial charge in [-0.15, -0.1) is 0 Å². The smallest absolute Gasteiger partial charge is 0.314 e. The highest BCUT2D eigenvalue weighted by Crippen LogP contribution is 2.50. The van der Waals surface area contributed by atoms with E-state index in [0.29, 0.717) is 18.6 Å². The molecule has 0 bridgehead atoms. The van der Waals surface area contributed by atoms with Crippen LogP contribution in [0.4, 0.5) is 5.69 Å². The Kier molecular flexibility index (Phi) is 4.37. The van der Waals surface area contributed by atoms with Gasteiger partial charge in [0.1, 0.15) is 11.5 Å². The highest BCUT2D eigenvalue weighted by Gasteiger charge is 2.48. The third-order valence-corrected chi connectivity index (χ3v) is 5.33. The van der Waals surface area contributed by atoms with Gasteiger partial charge in [0.25, 0.3) is 0 Å². The van der Waals surface area contributed by atoms with Crippen molar-refractivity contribution in [2.75, 3.05) is 32.2 Å². The van der Waals surface area contributed by atoms with E-state index in [2.05, 4.69) is 4.90 Å². The summed E-state index contributed by atoms with van der Waals surface area (Å²) in [6.45, 7) is 2.01. The van der Waals surface area contributed by atoms with Crippen LogP contribution in [0, 0.1) is 0 Å². The Morgan fingerprint density at radius 3 is 2.17 bits per heavy atom. The Morgan fingerprint density at radius 2 is 1.70 bits per heavy atom. The maximum absolute atomic E-state index is 11.9. The summed E-state index contributed by atoms with van der Waals surface area (Å²) in [4.78, 5) is 14.2. The number of carboxylic acids is 1. The fourth-order valence-corrected chi connectivity index (χ4v) is 3.77. The number of carbonyl (C=O) groups is 1. The van der Waals surface area contributed by atoms with Crippen molar-refractivity contribution in [2.45, 2.75) is 43.9 Å². The maximum Gasteiger partial charge on any atom is 0.314 e. The van der Waals surface area contributed by atoms with Crippen molar-refractivity contribution in [3.05, 3.63) is 17.7 Å². The molecule has 0 atom stereocenters. The lowest BCUT2D eigenvalue weighted by Gasteiger charge is -2.39. The van der Waals surface area contributed by atoms with Gasteiger partial charge in [-0.1, -0.05) is 6.42 Å². The van der Waals surface area contributed by atoms with Crippen molar-refractivity contribution in [3.63, 3.8) is 0 Å². The van der Waals surface area contributed by atoms with E-state index in [-0.39, 0.29) is 0 Å². The normalized spacial score (nSPS) is 19.8. The molecule has 0 aromatic heterocycles. The van der Waals surface area contributed by atoms with Crippen molar-refractivity contribution >= 4 is 11.7 Å². The number of hydrogen-bond acceptors (Lipinski definition) is 4. The lowest BCUT2D eigenvalue weighted by atomic mass is 9.64. The third-order valence-electron chi connectivity index (χ3n) is 5.33. The van der Waals surface area contributed by atoms with Gasteiger partial charge in [0, 0.05) is 24.7 Å². The summed E-state index contributed by atoms with van der Waals surface area (Å²) >= 11 is 0. The Hall–Kier alpha value is -1.91. The molecule has 1 saturated carbocycles. The summed E-state index contributed by atoms with van der Waals surface area (Å²) in [7, 11) is 3.26. The molecule has 1 aromatic carbocycles. The first-order valence-electron chi connectivity index (χ1n) is 8.37. The zero-order chi connectivity index (χ0) is 16.4. The van der Waals surface area contributed by atoms with Crippen LogP contribution in [0.5, 0.6) is 11.5 Å². The van der Waals surface area contributed by atoms with E-state index in [0.717, 1.165) is 36.5 Å². The van der Waals surface area contributed by atoms with Crippen LogP contribution in [0.15, 0.2) is 12.1 Å².